The molecule has 108 valence electrons. The van der Waals surface area contributed by atoms with E-state index < -0.39 is 0 Å². The van der Waals surface area contributed by atoms with E-state index in [1.165, 1.54) is 6.92 Å². The molecule has 1 aromatic rings. The Labute approximate surface area is 118 Å². The van der Waals surface area contributed by atoms with Crippen LogP contribution in [-0.4, -0.2) is 36.4 Å². The molecule has 1 saturated heterocycles. The molecule has 0 aromatic carbocycles. The molecule has 20 heavy (non-hydrogen) atoms. The highest BCUT2D eigenvalue weighted by molar-refractivity contribution is 5.92. The third-order valence-corrected chi connectivity index (χ3v) is 3.52. The van der Waals surface area contributed by atoms with Crippen LogP contribution in [0.1, 0.15) is 37.2 Å². The molecule has 1 aliphatic rings. The van der Waals surface area contributed by atoms with Gasteiger partial charge in [0.05, 0.1) is 24.4 Å². The number of piperidine rings is 1. The lowest BCUT2D eigenvalue weighted by Crippen LogP contribution is -2.39. The number of Topliss-reactive ketones (excluding diaryl/α,β-unsaturated/α-hetero) is 1. The fraction of sp³-hybridized carbons (Fsp3) is 0.533. The summed E-state index contributed by atoms with van der Waals surface area (Å²) in [6.45, 7) is 5.30. The molecule has 1 aromatic heterocycles. The molecule has 1 atom stereocenters. The number of rotatable bonds is 4. The Kier molecular flexibility index (Phi) is 4.71. The lowest BCUT2D eigenvalue weighted by atomic mass is 9.98. The summed E-state index contributed by atoms with van der Waals surface area (Å²) < 4.78 is 5.09. The van der Waals surface area contributed by atoms with E-state index >= 15 is 0 Å². The molecule has 1 aliphatic heterocycles. The fourth-order valence-electron chi connectivity index (χ4n) is 2.45. The van der Waals surface area contributed by atoms with Crippen LogP contribution in [0.25, 0.3) is 0 Å². The van der Waals surface area contributed by atoms with Gasteiger partial charge in [0, 0.05) is 20.0 Å². The van der Waals surface area contributed by atoms with Gasteiger partial charge in [-0.2, -0.15) is 0 Å². The Balaban J connectivity index is 2.04. The molecule has 1 fully saturated rings. The first-order valence-corrected chi connectivity index (χ1v) is 7.00. The Bertz CT molecular complexity index is 484. The van der Waals surface area contributed by atoms with Crippen molar-refractivity contribution in [2.75, 3.05) is 24.6 Å². The van der Waals surface area contributed by atoms with E-state index in [2.05, 4.69) is 9.88 Å². The second-order valence-electron chi connectivity index (χ2n) is 5.00. The fourth-order valence-corrected chi connectivity index (χ4v) is 2.45. The zero-order chi connectivity index (χ0) is 14.5. The third kappa shape index (κ3) is 3.35. The zero-order valence-corrected chi connectivity index (χ0v) is 12.0. The molecule has 2 heterocycles. The third-order valence-electron chi connectivity index (χ3n) is 3.52. The average molecular weight is 276 g/mol. The standard InChI is InChI=1S/C15H20N2O3/c1-3-20-15(19)12-5-4-8-17(10-12)13-6-7-14(11(2)18)16-9-13/h6-7,9,12H,3-5,8,10H2,1-2H3. The summed E-state index contributed by atoms with van der Waals surface area (Å²) in [6, 6.07) is 3.61. The van der Waals surface area contributed by atoms with E-state index in [-0.39, 0.29) is 17.7 Å². The minimum Gasteiger partial charge on any atom is -0.466 e. The minimum atomic E-state index is -0.120. The predicted molar refractivity (Wildman–Crippen MR) is 75.8 cm³/mol. The highest BCUT2D eigenvalue weighted by Crippen LogP contribution is 2.23. The summed E-state index contributed by atoms with van der Waals surface area (Å²) >= 11 is 0. The summed E-state index contributed by atoms with van der Waals surface area (Å²) in [5.41, 5.74) is 1.41. The van der Waals surface area contributed by atoms with Crippen molar-refractivity contribution in [3.8, 4) is 0 Å². The molecule has 0 aliphatic carbocycles. The van der Waals surface area contributed by atoms with Crippen molar-refractivity contribution >= 4 is 17.4 Å². The maximum absolute atomic E-state index is 11.8. The van der Waals surface area contributed by atoms with Gasteiger partial charge in [-0.1, -0.05) is 0 Å². The van der Waals surface area contributed by atoms with Gasteiger partial charge < -0.3 is 9.64 Å². The number of aromatic nitrogens is 1. The number of hydrogen-bond donors (Lipinski definition) is 0. The van der Waals surface area contributed by atoms with Crippen LogP contribution in [0.4, 0.5) is 5.69 Å². The van der Waals surface area contributed by atoms with Crippen molar-refractivity contribution in [1.29, 1.82) is 0 Å². The number of ether oxygens (including phenoxy) is 1. The van der Waals surface area contributed by atoms with Crippen LogP contribution < -0.4 is 4.90 Å². The SMILES string of the molecule is CCOC(=O)C1CCCN(c2ccc(C(C)=O)nc2)C1. The van der Waals surface area contributed by atoms with E-state index in [9.17, 15) is 9.59 Å². The van der Waals surface area contributed by atoms with Crippen LogP contribution in [0.2, 0.25) is 0 Å². The molecule has 0 radical (unpaired) electrons. The number of carbonyl (C=O) groups excluding carboxylic acids is 2. The summed E-state index contributed by atoms with van der Waals surface area (Å²) in [7, 11) is 0. The Hall–Kier alpha value is -1.91. The maximum atomic E-state index is 11.8. The van der Waals surface area contributed by atoms with E-state index in [0.29, 0.717) is 18.8 Å². The van der Waals surface area contributed by atoms with Crippen molar-refractivity contribution in [2.45, 2.75) is 26.7 Å². The molecule has 0 bridgehead atoms. The van der Waals surface area contributed by atoms with Crippen LogP contribution in [0.3, 0.4) is 0 Å². The van der Waals surface area contributed by atoms with Crippen LogP contribution in [0, 0.1) is 5.92 Å². The maximum Gasteiger partial charge on any atom is 0.310 e. The highest BCUT2D eigenvalue weighted by atomic mass is 16.5. The highest BCUT2D eigenvalue weighted by Gasteiger charge is 2.27. The molecular weight excluding hydrogens is 256 g/mol. The minimum absolute atomic E-state index is 0.0420. The van der Waals surface area contributed by atoms with Gasteiger partial charge in [0.15, 0.2) is 5.78 Å². The lowest BCUT2D eigenvalue weighted by molar-refractivity contribution is -0.148. The van der Waals surface area contributed by atoms with E-state index in [1.54, 1.807) is 12.3 Å². The zero-order valence-electron chi connectivity index (χ0n) is 12.0. The van der Waals surface area contributed by atoms with Gasteiger partial charge in [0.1, 0.15) is 5.69 Å². The predicted octanol–water partition coefficient (Wildman–Crippen LogP) is 2.06. The summed E-state index contributed by atoms with van der Waals surface area (Å²) in [4.78, 5) is 29.3. The van der Waals surface area contributed by atoms with Crippen LogP contribution in [0.15, 0.2) is 18.3 Å². The summed E-state index contributed by atoms with van der Waals surface area (Å²) in [6.07, 6.45) is 3.52. The number of ketones is 1. The van der Waals surface area contributed by atoms with Gasteiger partial charge in [-0.15, -0.1) is 0 Å². The molecule has 2 rings (SSSR count). The van der Waals surface area contributed by atoms with E-state index in [4.69, 9.17) is 4.74 Å². The molecular formula is C15H20N2O3. The number of nitrogens with zero attached hydrogens (tertiary/aromatic N) is 2. The van der Waals surface area contributed by atoms with Gasteiger partial charge >= 0.3 is 5.97 Å². The van der Waals surface area contributed by atoms with Gasteiger partial charge in [0.2, 0.25) is 0 Å². The number of anilines is 1. The number of hydrogen-bond acceptors (Lipinski definition) is 5. The second kappa shape index (κ2) is 6.50. The molecule has 0 N–H and O–H groups in total. The smallest absolute Gasteiger partial charge is 0.310 e. The monoisotopic (exact) mass is 276 g/mol. The number of carbonyl (C=O) groups is 2. The lowest BCUT2D eigenvalue weighted by Gasteiger charge is -2.33. The number of esters is 1. The summed E-state index contributed by atoms with van der Waals surface area (Å²) in [5, 5.41) is 0. The molecule has 5 heteroatoms. The Morgan fingerprint density at radius 2 is 2.25 bits per heavy atom. The molecule has 1 unspecified atom stereocenters. The normalized spacial score (nSPS) is 18.7. The Morgan fingerprint density at radius 3 is 2.85 bits per heavy atom. The van der Waals surface area contributed by atoms with Crippen LogP contribution >= 0.6 is 0 Å². The van der Waals surface area contributed by atoms with Gasteiger partial charge in [-0.3, -0.25) is 14.6 Å². The van der Waals surface area contributed by atoms with Gasteiger partial charge in [0.25, 0.3) is 0 Å². The second-order valence-corrected chi connectivity index (χ2v) is 5.00. The average Bonchev–Trinajstić information content (AvgIpc) is 2.48. The molecule has 0 spiro atoms. The topological polar surface area (TPSA) is 59.5 Å². The van der Waals surface area contributed by atoms with Crippen LogP contribution in [0.5, 0.6) is 0 Å². The van der Waals surface area contributed by atoms with Gasteiger partial charge in [-0.05, 0) is 31.9 Å². The molecule has 0 saturated carbocycles. The van der Waals surface area contributed by atoms with Crippen molar-refractivity contribution in [1.82, 2.24) is 4.98 Å². The molecule has 5 nitrogen and oxygen atoms in total. The largest absolute Gasteiger partial charge is 0.466 e. The van der Waals surface area contributed by atoms with Crippen LogP contribution in [-0.2, 0) is 9.53 Å². The first kappa shape index (κ1) is 14.5. The Morgan fingerprint density at radius 1 is 1.45 bits per heavy atom. The summed E-state index contributed by atoms with van der Waals surface area (Å²) in [5.74, 6) is -0.235. The van der Waals surface area contributed by atoms with Crippen molar-refractivity contribution in [3.63, 3.8) is 0 Å². The van der Waals surface area contributed by atoms with Crippen molar-refractivity contribution < 1.29 is 14.3 Å². The van der Waals surface area contributed by atoms with E-state index in [1.807, 2.05) is 13.0 Å². The first-order chi connectivity index (χ1) is 9.61. The van der Waals surface area contributed by atoms with Gasteiger partial charge in [-0.25, -0.2) is 0 Å². The quantitative estimate of drug-likeness (QED) is 0.622. The number of pyridine rings is 1. The molecule has 0 amide bonds. The van der Waals surface area contributed by atoms with Crippen molar-refractivity contribution in [2.24, 2.45) is 5.92 Å². The van der Waals surface area contributed by atoms with Crippen molar-refractivity contribution in [3.05, 3.63) is 24.0 Å². The first-order valence-electron chi connectivity index (χ1n) is 7.00. The van der Waals surface area contributed by atoms with E-state index in [0.717, 1.165) is 25.1 Å².